The van der Waals surface area contributed by atoms with E-state index >= 15 is 0 Å². The number of fused-ring (bicyclic) bond motifs is 1. The van der Waals surface area contributed by atoms with E-state index in [-0.39, 0.29) is 0 Å². The average molecular weight is 315 g/mol. The van der Waals surface area contributed by atoms with Crippen molar-refractivity contribution in [3.8, 4) is 0 Å². The summed E-state index contributed by atoms with van der Waals surface area (Å²) in [4.78, 5) is 13.7. The number of rotatable bonds is 4. The largest absolute Gasteiger partial charge is 0.361 e. The van der Waals surface area contributed by atoms with Crippen LogP contribution in [0.15, 0.2) is 10.9 Å². The number of hydrogen-bond acceptors (Lipinski definition) is 6. The summed E-state index contributed by atoms with van der Waals surface area (Å²) in [6, 6.07) is 0. The van der Waals surface area contributed by atoms with Crippen LogP contribution in [-0.4, -0.2) is 46.7 Å². The van der Waals surface area contributed by atoms with Crippen molar-refractivity contribution in [1.82, 2.24) is 20.0 Å². The van der Waals surface area contributed by atoms with Gasteiger partial charge in [0.05, 0.1) is 11.4 Å². The van der Waals surface area contributed by atoms with E-state index in [1.807, 2.05) is 13.8 Å². The molecule has 0 amide bonds. The van der Waals surface area contributed by atoms with Crippen molar-refractivity contribution in [3.05, 3.63) is 34.6 Å². The maximum atomic E-state index is 5.29. The monoisotopic (exact) mass is 315 g/mol. The number of hydrogen-bond donors (Lipinski definition) is 0. The lowest BCUT2D eigenvalue weighted by Crippen LogP contribution is -2.26. The van der Waals surface area contributed by atoms with Gasteiger partial charge in [-0.3, -0.25) is 4.90 Å². The Morgan fingerprint density at radius 2 is 2.00 bits per heavy atom. The van der Waals surface area contributed by atoms with Crippen molar-refractivity contribution < 1.29 is 4.52 Å². The maximum absolute atomic E-state index is 5.29. The van der Waals surface area contributed by atoms with E-state index in [0.717, 1.165) is 56.3 Å². The molecule has 2 aromatic heterocycles. The fraction of sp³-hybridized carbons (Fsp3) is 0.588. The molecule has 0 fully saturated rings. The molecule has 0 unspecified atom stereocenters. The minimum absolute atomic E-state index is 0.890. The van der Waals surface area contributed by atoms with Gasteiger partial charge in [-0.2, -0.15) is 0 Å². The summed E-state index contributed by atoms with van der Waals surface area (Å²) in [5.74, 6) is 2.01. The van der Waals surface area contributed by atoms with Crippen molar-refractivity contribution in [1.29, 1.82) is 0 Å². The van der Waals surface area contributed by atoms with E-state index in [9.17, 15) is 0 Å². The van der Waals surface area contributed by atoms with Crippen molar-refractivity contribution in [2.45, 2.75) is 40.2 Å². The highest BCUT2D eigenvalue weighted by atomic mass is 16.5. The molecule has 0 saturated heterocycles. The van der Waals surface area contributed by atoms with Crippen molar-refractivity contribution in [3.63, 3.8) is 0 Å². The Hall–Kier alpha value is -1.95. The van der Waals surface area contributed by atoms with Gasteiger partial charge >= 0.3 is 0 Å². The lowest BCUT2D eigenvalue weighted by Gasteiger charge is -2.20. The molecule has 3 rings (SSSR count). The molecule has 0 aromatic carbocycles. The van der Waals surface area contributed by atoms with Gasteiger partial charge in [-0.25, -0.2) is 9.97 Å². The van der Waals surface area contributed by atoms with E-state index < -0.39 is 0 Å². The first-order valence-corrected chi connectivity index (χ1v) is 8.28. The highest BCUT2D eigenvalue weighted by Gasteiger charge is 2.21. The molecule has 6 nitrogen and oxygen atoms in total. The zero-order valence-electron chi connectivity index (χ0n) is 14.5. The molecule has 2 aromatic rings. The van der Waals surface area contributed by atoms with Crippen LogP contribution in [-0.2, 0) is 19.4 Å². The van der Waals surface area contributed by atoms with Crippen LogP contribution in [0.3, 0.4) is 0 Å². The highest BCUT2D eigenvalue weighted by Crippen LogP contribution is 2.24. The van der Waals surface area contributed by atoms with Gasteiger partial charge in [-0.15, -0.1) is 0 Å². The fourth-order valence-corrected chi connectivity index (χ4v) is 3.14. The zero-order chi connectivity index (χ0) is 16.4. The Bertz CT molecular complexity index is 662. The van der Waals surface area contributed by atoms with Crippen LogP contribution in [0.25, 0.3) is 0 Å². The van der Waals surface area contributed by atoms with Crippen molar-refractivity contribution in [2.75, 3.05) is 31.6 Å². The van der Waals surface area contributed by atoms with Crippen LogP contribution < -0.4 is 4.90 Å². The quantitative estimate of drug-likeness (QED) is 0.861. The third kappa shape index (κ3) is 3.22. The summed E-state index contributed by atoms with van der Waals surface area (Å²) < 4.78 is 5.29. The number of aryl methyl sites for hydroxylation is 2. The molecule has 0 saturated carbocycles. The Labute approximate surface area is 137 Å². The van der Waals surface area contributed by atoms with Crippen LogP contribution in [0, 0.1) is 13.8 Å². The van der Waals surface area contributed by atoms with Crippen LogP contribution in [0.5, 0.6) is 0 Å². The summed E-state index contributed by atoms with van der Waals surface area (Å²) in [7, 11) is 2.09. The van der Waals surface area contributed by atoms with Crippen LogP contribution in [0.1, 0.15) is 35.2 Å². The second-order valence-electron chi connectivity index (χ2n) is 6.22. The molecule has 0 N–H and O–H groups in total. The van der Waals surface area contributed by atoms with E-state index in [2.05, 4.69) is 38.9 Å². The Morgan fingerprint density at radius 1 is 1.22 bits per heavy atom. The second kappa shape index (κ2) is 6.66. The van der Waals surface area contributed by atoms with Gasteiger partial charge < -0.3 is 9.42 Å². The molecular weight excluding hydrogens is 290 g/mol. The van der Waals surface area contributed by atoms with Crippen molar-refractivity contribution >= 4 is 5.82 Å². The summed E-state index contributed by atoms with van der Waals surface area (Å²) in [5.41, 5.74) is 4.71. The number of aromatic nitrogens is 3. The van der Waals surface area contributed by atoms with Gasteiger partial charge in [0.15, 0.2) is 0 Å². The first-order chi connectivity index (χ1) is 11.1. The van der Waals surface area contributed by atoms with E-state index in [1.54, 1.807) is 6.33 Å². The van der Waals surface area contributed by atoms with Crippen LogP contribution >= 0.6 is 0 Å². The van der Waals surface area contributed by atoms with Crippen LogP contribution in [0.2, 0.25) is 0 Å². The number of nitrogens with zero attached hydrogens (tertiary/aromatic N) is 5. The summed E-state index contributed by atoms with van der Waals surface area (Å²) in [5, 5.41) is 4.06. The molecular formula is C17H25N5O. The third-order valence-corrected chi connectivity index (χ3v) is 4.75. The lowest BCUT2D eigenvalue weighted by atomic mass is 10.1. The smallest absolute Gasteiger partial charge is 0.138 e. The fourth-order valence-electron chi connectivity index (χ4n) is 3.14. The molecule has 0 spiro atoms. The average Bonchev–Trinajstić information content (AvgIpc) is 2.77. The summed E-state index contributed by atoms with van der Waals surface area (Å²) >= 11 is 0. The van der Waals surface area contributed by atoms with Crippen LogP contribution in [0.4, 0.5) is 5.82 Å². The standard InChI is InChI=1S/C17H25N5O/c1-5-21(4)17-14-6-8-22(9-7-16(14)18-11-19-17)10-15-12(2)20-23-13(15)3/h11H,5-10H2,1-4H3. The molecule has 6 heteroatoms. The molecule has 124 valence electrons. The first kappa shape index (κ1) is 15.9. The van der Waals surface area contributed by atoms with Gasteiger partial charge in [0.25, 0.3) is 0 Å². The topological polar surface area (TPSA) is 58.3 Å². The van der Waals surface area contributed by atoms with Gasteiger partial charge in [0.1, 0.15) is 17.9 Å². The van der Waals surface area contributed by atoms with Gasteiger partial charge in [0.2, 0.25) is 0 Å². The normalized spacial score (nSPS) is 15.3. The van der Waals surface area contributed by atoms with E-state index in [4.69, 9.17) is 4.52 Å². The second-order valence-corrected chi connectivity index (χ2v) is 6.22. The predicted molar refractivity (Wildman–Crippen MR) is 89.6 cm³/mol. The number of anilines is 1. The first-order valence-electron chi connectivity index (χ1n) is 8.28. The predicted octanol–water partition coefficient (Wildman–Crippen LogP) is 2.14. The highest BCUT2D eigenvalue weighted by molar-refractivity contribution is 5.48. The molecule has 23 heavy (non-hydrogen) atoms. The molecule has 0 bridgehead atoms. The van der Waals surface area contributed by atoms with E-state index in [0.29, 0.717) is 0 Å². The Balaban J connectivity index is 1.78. The molecule has 1 aliphatic rings. The molecule has 0 radical (unpaired) electrons. The van der Waals surface area contributed by atoms with Crippen molar-refractivity contribution in [2.24, 2.45) is 0 Å². The maximum Gasteiger partial charge on any atom is 0.138 e. The Morgan fingerprint density at radius 3 is 2.70 bits per heavy atom. The van der Waals surface area contributed by atoms with Gasteiger partial charge in [-0.1, -0.05) is 5.16 Å². The summed E-state index contributed by atoms with van der Waals surface area (Å²) in [6.07, 6.45) is 3.65. The zero-order valence-corrected chi connectivity index (χ0v) is 14.5. The summed E-state index contributed by atoms with van der Waals surface area (Å²) in [6.45, 7) is 10.0. The van der Waals surface area contributed by atoms with Gasteiger partial charge in [-0.05, 0) is 27.2 Å². The third-order valence-electron chi connectivity index (χ3n) is 4.75. The lowest BCUT2D eigenvalue weighted by molar-refractivity contribution is 0.276. The van der Waals surface area contributed by atoms with E-state index in [1.165, 1.54) is 16.8 Å². The molecule has 3 heterocycles. The minimum Gasteiger partial charge on any atom is -0.361 e. The van der Waals surface area contributed by atoms with Gasteiger partial charge in [0, 0.05) is 50.8 Å². The molecule has 0 aliphatic carbocycles. The Kier molecular flexibility index (Phi) is 4.61. The molecule has 0 atom stereocenters. The SMILES string of the molecule is CCN(C)c1ncnc2c1CCN(Cc1c(C)noc1C)CC2. The molecule has 1 aliphatic heterocycles. The minimum atomic E-state index is 0.890.